The number of hydrogen-bond donors (Lipinski definition) is 3. The van der Waals surface area contributed by atoms with Crippen molar-refractivity contribution in [1.29, 1.82) is 0 Å². The van der Waals surface area contributed by atoms with Gasteiger partial charge < -0.3 is 20.4 Å². The number of amides is 2. The Morgan fingerprint density at radius 2 is 1.61 bits per heavy atom. The topological polar surface area (TPSA) is 111 Å². The van der Waals surface area contributed by atoms with Crippen molar-refractivity contribution in [2.45, 2.75) is 31.1 Å². The third kappa shape index (κ3) is 7.51. The average molecular weight is 630 g/mol. The maximum atomic E-state index is 13.9. The summed E-state index contributed by atoms with van der Waals surface area (Å²) in [5, 5.41) is 6.11. The lowest BCUT2D eigenvalue weighted by Gasteiger charge is -2.38. The molecule has 0 radical (unpaired) electrons. The van der Waals surface area contributed by atoms with Gasteiger partial charge in [-0.2, -0.15) is 13.2 Å². The molecular formula is C31H34F3N5O4S. The summed E-state index contributed by atoms with van der Waals surface area (Å²) in [6.07, 6.45) is -2.64. The molecule has 2 aliphatic heterocycles. The third-order valence-electron chi connectivity index (χ3n) is 7.84. The Morgan fingerprint density at radius 3 is 2.30 bits per heavy atom. The Morgan fingerprint density at radius 1 is 0.955 bits per heavy atom. The molecule has 0 aromatic heterocycles. The number of fused-ring (bicyclic) bond motifs is 1. The number of piperazine rings is 1. The average Bonchev–Trinajstić information content (AvgIpc) is 2.99. The largest absolute Gasteiger partial charge is 0.416 e. The minimum Gasteiger partial charge on any atom is -0.366 e. The van der Waals surface area contributed by atoms with Crippen LogP contribution in [0.4, 0.5) is 24.5 Å². The monoisotopic (exact) mass is 629 g/mol. The number of benzene rings is 3. The van der Waals surface area contributed by atoms with Gasteiger partial charge in [-0.25, -0.2) is 8.42 Å². The molecule has 0 aliphatic carbocycles. The Hall–Kier alpha value is -4.10. The van der Waals surface area contributed by atoms with Crippen molar-refractivity contribution in [1.82, 2.24) is 15.5 Å². The van der Waals surface area contributed by atoms with Crippen molar-refractivity contribution in [2.24, 2.45) is 0 Å². The van der Waals surface area contributed by atoms with E-state index in [0.29, 0.717) is 49.7 Å². The fourth-order valence-corrected chi connectivity index (χ4v) is 6.25. The van der Waals surface area contributed by atoms with Crippen molar-refractivity contribution in [2.75, 3.05) is 48.6 Å². The fraction of sp³-hybridized carbons (Fsp3) is 0.355. The fourth-order valence-electron chi connectivity index (χ4n) is 5.68. The van der Waals surface area contributed by atoms with Gasteiger partial charge >= 0.3 is 6.18 Å². The quantitative estimate of drug-likeness (QED) is 0.353. The molecule has 2 atom stereocenters. The van der Waals surface area contributed by atoms with E-state index in [0.717, 1.165) is 35.9 Å². The molecule has 13 heteroatoms. The molecule has 0 saturated carbocycles. The van der Waals surface area contributed by atoms with Crippen LogP contribution in [0.2, 0.25) is 0 Å². The summed E-state index contributed by atoms with van der Waals surface area (Å²) in [5.41, 5.74) is 2.67. The molecule has 0 spiro atoms. The summed E-state index contributed by atoms with van der Waals surface area (Å²) in [6, 6.07) is 17.5. The van der Waals surface area contributed by atoms with Crippen LogP contribution in [0.15, 0.2) is 72.8 Å². The van der Waals surface area contributed by atoms with E-state index < -0.39 is 33.8 Å². The Labute approximate surface area is 254 Å². The second kappa shape index (κ2) is 12.9. The van der Waals surface area contributed by atoms with Gasteiger partial charge in [0.15, 0.2) is 0 Å². The Bertz CT molecular complexity index is 1610. The van der Waals surface area contributed by atoms with Gasteiger partial charge in [-0.1, -0.05) is 48.5 Å². The second-order valence-corrected chi connectivity index (χ2v) is 12.7. The van der Waals surface area contributed by atoms with E-state index in [2.05, 4.69) is 15.4 Å². The maximum absolute atomic E-state index is 13.9. The summed E-state index contributed by atoms with van der Waals surface area (Å²) in [6.45, 7) is 2.01. The minimum atomic E-state index is -4.49. The molecule has 2 heterocycles. The van der Waals surface area contributed by atoms with Crippen molar-refractivity contribution in [3.8, 4) is 0 Å². The molecule has 3 N–H and O–H groups in total. The molecule has 44 heavy (non-hydrogen) atoms. The summed E-state index contributed by atoms with van der Waals surface area (Å²) in [5.74, 6) is -0.730. The van der Waals surface area contributed by atoms with Crippen molar-refractivity contribution >= 4 is 33.2 Å². The molecule has 234 valence electrons. The minimum absolute atomic E-state index is 0.0123. The first-order chi connectivity index (χ1) is 20.9. The highest BCUT2D eigenvalue weighted by Gasteiger charge is 2.34. The maximum Gasteiger partial charge on any atom is 0.416 e. The number of halogens is 3. The number of rotatable bonds is 8. The van der Waals surface area contributed by atoms with E-state index in [-0.39, 0.29) is 18.2 Å². The van der Waals surface area contributed by atoms with Crippen LogP contribution in [0.3, 0.4) is 0 Å². The van der Waals surface area contributed by atoms with Crippen LogP contribution in [0.1, 0.15) is 28.3 Å². The van der Waals surface area contributed by atoms with E-state index in [1.165, 1.54) is 12.1 Å². The summed E-state index contributed by atoms with van der Waals surface area (Å²) in [7, 11) is -3.50. The predicted octanol–water partition coefficient (Wildman–Crippen LogP) is 3.34. The molecule has 1 unspecified atom stereocenters. The Kier molecular flexibility index (Phi) is 9.16. The summed E-state index contributed by atoms with van der Waals surface area (Å²) in [4.78, 5) is 31.1. The summed E-state index contributed by atoms with van der Waals surface area (Å²) >= 11 is 0. The lowest BCUT2D eigenvalue weighted by atomic mass is 9.93. The van der Waals surface area contributed by atoms with Crippen LogP contribution in [0, 0.1) is 0 Å². The van der Waals surface area contributed by atoms with Gasteiger partial charge in [0.05, 0.1) is 23.2 Å². The molecule has 2 amide bonds. The van der Waals surface area contributed by atoms with Gasteiger partial charge in [-0.05, 0) is 47.4 Å². The molecule has 9 nitrogen and oxygen atoms in total. The highest BCUT2D eigenvalue weighted by Crippen LogP contribution is 2.30. The van der Waals surface area contributed by atoms with Crippen LogP contribution < -0.4 is 20.3 Å². The molecular weight excluding hydrogens is 595 g/mol. The normalized spacial score (nSPS) is 17.9. The second-order valence-electron chi connectivity index (χ2n) is 11.0. The van der Waals surface area contributed by atoms with E-state index in [9.17, 15) is 31.2 Å². The van der Waals surface area contributed by atoms with Crippen LogP contribution in [-0.4, -0.2) is 70.2 Å². The first-order valence-electron chi connectivity index (χ1n) is 14.3. The van der Waals surface area contributed by atoms with Crippen molar-refractivity contribution in [3.63, 3.8) is 0 Å². The van der Waals surface area contributed by atoms with Gasteiger partial charge in [0.1, 0.15) is 12.1 Å². The Balaban J connectivity index is 1.33. The van der Waals surface area contributed by atoms with E-state index in [4.69, 9.17) is 0 Å². The lowest BCUT2D eigenvalue weighted by molar-refractivity contribution is -0.138. The summed E-state index contributed by atoms with van der Waals surface area (Å²) < 4.78 is 65.7. The number of carbonyl (C=O) groups excluding carboxylic acids is 2. The predicted molar refractivity (Wildman–Crippen MR) is 162 cm³/mol. The molecule has 3 aromatic carbocycles. The molecule has 2 aliphatic rings. The van der Waals surface area contributed by atoms with E-state index in [1.54, 1.807) is 29.2 Å². The third-order valence-corrected chi connectivity index (χ3v) is 8.43. The number of para-hydroxylation sites is 2. The zero-order valence-electron chi connectivity index (χ0n) is 24.1. The van der Waals surface area contributed by atoms with E-state index in [1.807, 2.05) is 29.2 Å². The van der Waals surface area contributed by atoms with Crippen molar-refractivity contribution in [3.05, 3.63) is 95.1 Å². The van der Waals surface area contributed by atoms with Crippen LogP contribution in [-0.2, 0) is 38.6 Å². The molecule has 3 aromatic rings. The molecule has 1 saturated heterocycles. The zero-order chi connectivity index (χ0) is 31.5. The highest BCUT2D eigenvalue weighted by molar-refractivity contribution is 7.92. The number of sulfonamides is 1. The van der Waals surface area contributed by atoms with Gasteiger partial charge in [0, 0.05) is 39.1 Å². The smallest absolute Gasteiger partial charge is 0.366 e. The standard InChI is InChI=1S/C31H34F3N5O4S/c1-44(42,43)37-25-8-4-5-9-27(25)38-16-18-39(19-17-38)30(41)26(20-21-10-12-23(13-11-21)31(32,33)34)36-29(40)28-24-7-3-2-6-22(24)14-15-35-28/h2-13,26,28,35,37H,14-20H2,1H3,(H,36,40)/t26-,28?/m1/s1. The zero-order valence-corrected chi connectivity index (χ0v) is 24.9. The SMILES string of the molecule is CS(=O)(=O)Nc1ccccc1N1CCN(C(=O)[C@@H](Cc2ccc(C(F)(F)F)cc2)NC(=O)C2NCCc3ccccc32)CC1. The number of hydrogen-bond acceptors (Lipinski definition) is 6. The number of carbonyl (C=O) groups is 2. The lowest BCUT2D eigenvalue weighted by Crippen LogP contribution is -2.57. The van der Waals surface area contributed by atoms with E-state index >= 15 is 0 Å². The number of nitrogens with zero attached hydrogens (tertiary/aromatic N) is 2. The van der Waals surface area contributed by atoms with Gasteiger partial charge in [0.2, 0.25) is 21.8 Å². The highest BCUT2D eigenvalue weighted by atomic mass is 32.2. The molecule has 1 fully saturated rings. The number of anilines is 2. The van der Waals surface area contributed by atoms with Gasteiger partial charge in [-0.15, -0.1) is 0 Å². The van der Waals surface area contributed by atoms with Crippen molar-refractivity contribution < 1.29 is 31.2 Å². The van der Waals surface area contributed by atoms with Gasteiger partial charge in [0.25, 0.3) is 0 Å². The van der Waals surface area contributed by atoms with Crippen LogP contribution in [0.25, 0.3) is 0 Å². The molecule has 5 rings (SSSR count). The number of alkyl halides is 3. The van der Waals surface area contributed by atoms with Gasteiger partial charge in [-0.3, -0.25) is 14.3 Å². The number of nitrogens with one attached hydrogen (secondary N) is 3. The first kappa shape index (κ1) is 31.3. The van der Waals surface area contributed by atoms with Crippen LogP contribution >= 0.6 is 0 Å². The first-order valence-corrected chi connectivity index (χ1v) is 16.2. The van der Waals surface area contributed by atoms with Crippen LogP contribution in [0.5, 0.6) is 0 Å². The molecule has 0 bridgehead atoms.